The van der Waals surface area contributed by atoms with Gasteiger partial charge >= 0.3 is 5.97 Å². The molecule has 0 amide bonds. The predicted octanol–water partition coefficient (Wildman–Crippen LogP) is 2.17. The molecule has 2 rings (SSSR count). The molecule has 1 heterocycles. The molecule has 1 aromatic rings. The van der Waals surface area contributed by atoms with Crippen molar-refractivity contribution in [1.29, 1.82) is 0 Å². The highest BCUT2D eigenvalue weighted by atomic mass is 16.5. The number of hydrogen-bond acceptors (Lipinski definition) is 4. The number of Topliss-reactive ketones (excluding diaryl/α,β-unsaturated/α-hetero) is 1. The Bertz CT molecular complexity index is 490. The highest BCUT2D eigenvalue weighted by Crippen LogP contribution is 2.36. The molecule has 0 bridgehead atoms. The molecule has 4 nitrogen and oxygen atoms in total. The van der Waals surface area contributed by atoms with Gasteiger partial charge in [0.2, 0.25) is 0 Å². The number of hydrogen-bond donors (Lipinski definition) is 0. The number of carbonyl (C=O) groups excluding carboxylic acids is 2. The van der Waals surface area contributed by atoms with E-state index in [9.17, 15) is 9.59 Å². The maximum atomic E-state index is 12.5. The number of rotatable bonds is 5. The van der Waals surface area contributed by atoms with Crippen LogP contribution in [0.25, 0.3) is 0 Å². The van der Waals surface area contributed by atoms with Crippen LogP contribution in [0.5, 0.6) is 0 Å². The van der Waals surface area contributed by atoms with Crippen LogP contribution < -0.4 is 0 Å². The normalized spacial score (nSPS) is 18.2. The Morgan fingerprint density at radius 3 is 2.33 bits per heavy atom. The third kappa shape index (κ3) is 3.50. The minimum Gasteiger partial charge on any atom is -0.465 e. The number of carbonyl (C=O) groups is 2. The van der Waals surface area contributed by atoms with Gasteiger partial charge in [-0.05, 0) is 32.3 Å². The van der Waals surface area contributed by atoms with Crippen LogP contribution in [0.2, 0.25) is 0 Å². The summed E-state index contributed by atoms with van der Waals surface area (Å²) in [5.41, 5.74) is 0.454. The third-order valence-corrected chi connectivity index (χ3v) is 4.15. The largest absolute Gasteiger partial charge is 0.465 e. The van der Waals surface area contributed by atoms with Crippen molar-refractivity contribution < 1.29 is 14.3 Å². The van der Waals surface area contributed by atoms with E-state index in [1.165, 1.54) is 0 Å². The molecular formula is C17H23NO3. The molecule has 0 aliphatic carbocycles. The lowest BCUT2D eigenvalue weighted by Crippen LogP contribution is -2.49. The lowest BCUT2D eigenvalue weighted by Gasteiger charge is -2.40. The molecule has 1 fully saturated rings. The van der Waals surface area contributed by atoms with E-state index >= 15 is 0 Å². The van der Waals surface area contributed by atoms with Crippen LogP contribution in [0.4, 0.5) is 0 Å². The van der Waals surface area contributed by atoms with Crippen LogP contribution in [0.15, 0.2) is 30.3 Å². The number of ketones is 1. The molecule has 1 aromatic carbocycles. The minimum absolute atomic E-state index is 0.140. The Balaban J connectivity index is 2.20. The summed E-state index contributed by atoms with van der Waals surface area (Å²) in [6.45, 7) is 5.78. The first-order chi connectivity index (χ1) is 10.1. The van der Waals surface area contributed by atoms with Crippen molar-refractivity contribution in [1.82, 2.24) is 4.90 Å². The summed E-state index contributed by atoms with van der Waals surface area (Å²) in [5, 5.41) is 0. The molecule has 4 heteroatoms. The van der Waals surface area contributed by atoms with E-state index in [-0.39, 0.29) is 11.8 Å². The topological polar surface area (TPSA) is 46.6 Å². The highest BCUT2D eigenvalue weighted by Gasteiger charge is 2.44. The number of esters is 1. The summed E-state index contributed by atoms with van der Waals surface area (Å²) in [6.07, 6.45) is 1.40. The Morgan fingerprint density at radius 2 is 1.81 bits per heavy atom. The van der Waals surface area contributed by atoms with E-state index in [1.807, 2.05) is 37.3 Å². The number of ether oxygens (including phenoxy) is 1. The lowest BCUT2D eigenvalue weighted by atomic mass is 9.72. The smallest absolute Gasteiger partial charge is 0.316 e. The van der Waals surface area contributed by atoms with Gasteiger partial charge in [-0.25, -0.2) is 0 Å². The average molecular weight is 289 g/mol. The second kappa shape index (κ2) is 6.85. The first-order valence-corrected chi connectivity index (χ1v) is 7.53. The molecule has 21 heavy (non-hydrogen) atoms. The molecule has 0 atom stereocenters. The summed E-state index contributed by atoms with van der Waals surface area (Å²) in [5.74, 6) is 0.0250. The summed E-state index contributed by atoms with van der Waals surface area (Å²) in [6, 6.07) is 9.86. The lowest BCUT2D eigenvalue weighted by molar-refractivity contribution is -0.152. The van der Waals surface area contributed by atoms with Gasteiger partial charge in [-0.3, -0.25) is 14.5 Å². The van der Waals surface area contributed by atoms with Crippen molar-refractivity contribution in [2.24, 2.45) is 0 Å². The summed E-state index contributed by atoms with van der Waals surface area (Å²) in [7, 11) is 0. The summed E-state index contributed by atoms with van der Waals surface area (Å²) < 4.78 is 5.33. The molecule has 0 N–H and O–H groups in total. The predicted molar refractivity (Wildman–Crippen MR) is 81.1 cm³/mol. The molecule has 1 aliphatic heterocycles. The number of piperidine rings is 1. The van der Waals surface area contributed by atoms with Crippen LogP contribution in [0.1, 0.15) is 32.3 Å². The fourth-order valence-electron chi connectivity index (χ4n) is 3.04. The molecule has 0 radical (unpaired) electrons. The first kappa shape index (κ1) is 15.7. The van der Waals surface area contributed by atoms with Crippen LogP contribution in [0.3, 0.4) is 0 Å². The molecular weight excluding hydrogens is 266 g/mol. The van der Waals surface area contributed by atoms with Crippen LogP contribution in [-0.2, 0) is 19.7 Å². The van der Waals surface area contributed by atoms with Gasteiger partial charge in [0.15, 0.2) is 0 Å². The van der Waals surface area contributed by atoms with Crippen LogP contribution in [-0.4, -0.2) is 42.9 Å². The zero-order valence-electron chi connectivity index (χ0n) is 12.8. The third-order valence-electron chi connectivity index (χ3n) is 4.15. The Hall–Kier alpha value is -1.68. The molecule has 0 unspecified atom stereocenters. The van der Waals surface area contributed by atoms with Gasteiger partial charge in [0.05, 0.1) is 18.6 Å². The van der Waals surface area contributed by atoms with Crippen LogP contribution >= 0.6 is 0 Å². The van der Waals surface area contributed by atoms with Gasteiger partial charge in [0.25, 0.3) is 0 Å². The fourth-order valence-corrected chi connectivity index (χ4v) is 3.04. The molecule has 1 aliphatic rings. The van der Waals surface area contributed by atoms with Gasteiger partial charge in [-0.15, -0.1) is 0 Å². The van der Waals surface area contributed by atoms with E-state index < -0.39 is 5.41 Å². The average Bonchev–Trinajstić information content (AvgIpc) is 2.49. The van der Waals surface area contributed by atoms with E-state index in [0.717, 1.165) is 18.7 Å². The minimum atomic E-state index is -0.565. The maximum absolute atomic E-state index is 12.5. The maximum Gasteiger partial charge on any atom is 0.316 e. The molecule has 0 aromatic heterocycles. The van der Waals surface area contributed by atoms with E-state index in [2.05, 4.69) is 4.90 Å². The van der Waals surface area contributed by atoms with Gasteiger partial charge in [-0.2, -0.15) is 0 Å². The molecule has 114 valence electrons. The SMILES string of the molecule is CCOC(=O)C1(c2ccccc2)CCN(CC(C)=O)CC1. The zero-order valence-corrected chi connectivity index (χ0v) is 12.8. The fraction of sp³-hybridized carbons (Fsp3) is 0.529. The van der Waals surface area contributed by atoms with Crippen molar-refractivity contribution >= 4 is 11.8 Å². The second-order valence-corrected chi connectivity index (χ2v) is 5.65. The number of likely N-dealkylation sites (tertiary alicyclic amines) is 1. The summed E-state index contributed by atoms with van der Waals surface area (Å²) >= 11 is 0. The molecule has 0 spiro atoms. The van der Waals surface area contributed by atoms with E-state index in [4.69, 9.17) is 4.74 Å². The van der Waals surface area contributed by atoms with Crippen molar-refractivity contribution in [3.63, 3.8) is 0 Å². The van der Waals surface area contributed by atoms with Gasteiger partial charge in [0.1, 0.15) is 5.78 Å². The van der Waals surface area contributed by atoms with Gasteiger partial charge in [-0.1, -0.05) is 30.3 Å². The Labute approximate surface area is 126 Å². The Kier molecular flexibility index (Phi) is 5.12. The second-order valence-electron chi connectivity index (χ2n) is 5.65. The highest BCUT2D eigenvalue weighted by molar-refractivity contribution is 5.83. The molecule has 0 saturated carbocycles. The van der Waals surface area contributed by atoms with Crippen molar-refractivity contribution in [3.05, 3.63) is 35.9 Å². The van der Waals surface area contributed by atoms with Gasteiger partial charge in [0, 0.05) is 13.1 Å². The van der Waals surface area contributed by atoms with Crippen molar-refractivity contribution in [2.45, 2.75) is 32.1 Å². The molecule has 1 saturated heterocycles. The monoisotopic (exact) mass is 289 g/mol. The van der Waals surface area contributed by atoms with Crippen molar-refractivity contribution in [3.8, 4) is 0 Å². The van der Waals surface area contributed by atoms with Crippen molar-refractivity contribution in [2.75, 3.05) is 26.2 Å². The first-order valence-electron chi connectivity index (χ1n) is 7.53. The van der Waals surface area contributed by atoms with Gasteiger partial charge < -0.3 is 4.74 Å². The standard InChI is InChI=1S/C17H23NO3/c1-3-21-16(20)17(15-7-5-4-6-8-15)9-11-18(12-10-17)13-14(2)19/h4-8H,3,9-13H2,1-2H3. The zero-order chi connectivity index (χ0) is 15.3. The Morgan fingerprint density at radius 1 is 1.19 bits per heavy atom. The quantitative estimate of drug-likeness (QED) is 0.779. The van der Waals surface area contributed by atoms with Crippen LogP contribution in [0, 0.1) is 0 Å². The number of benzene rings is 1. The van der Waals surface area contributed by atoms with E-state index in [0.29, 0.717) is 26.0 Å². The van der Waals surface area contributed by atoms with E-state index in [1.54, 1.807) is 6.92 Å². The summed E-state index contributed by atoms with van der Waals surface area (Å²) in [4.78, 5) is 25.9. The number of nitrogens with zero attached hydrogens (tertiary/aromatic N) is 1.